The van der Waals surface area contributed by atoms with Gasteiger partial charge in [0.05, 0.1) is 29.0 Å². The van der Waals surface area contributed by atoms with Gasteiger partial charge in [-0.05, 0) is 86.6 Å². The molecular formula is C27H27ClN4OS. The van der Waals surface area contributed by atoms with Gasteiger partial charge >= 0.3 is 0 Å². The summed E-state index contributed by atoms with van der Waals surface area (Å²) in [5.74, 6) is 0.121. The summed E-state index contributed by atoms with van der Waals surface area (Å²) in [5, 5.41) is 15.2. The van der Waals surface area contributed by atoms with E-state index in [9.17, 15) is 5.11 Å². The highest BCUT2D eigenvalue weighted by molar-refractivity contribution is 7.80. The van der Waals surface area contributed by atoms with Crippen LogP contribution in [-0.4, -0.2) is 27.8 Å². The lowest BCUT2D eigenvalue weighted by atomic mass is 9.86. The molecule has 1 aromatic heterocycles. The lowest BCUT2D eigenvalue weighted by molar-refractivity contribution is 0.473. The van der Waals surface area contributed by atoms with Gasteiger partial charge in [0, 0.05) is 29.5 Å². The number of anilines is 2. The molecule has 2 aliphatic heterocycles. The Morgan fingerprint density at radius 2 is 1.88 bits per heavy atom. The molecular weight excluding hydrogens is 464 g/mol. The van der Waals surface area contributed by atoms with E-state index in [4.69, 9.17) is 23.8 Å². The van der Waals surface area contributed by atoms with Gasteiger partial charge in [0.25, 0.3) is 0 Å². The number of allylic oxidation sites excluding steroid dienone is 1. The SMILES string of the molecule is CC1=CC(C)(C)N(C)c2ccc([C@@H]3[C@@H](c4ccccn4)NC(=S)N3c3cc(Cl)ccc3O)cc21. The van der Waals surface area contributed by atoms with Crippen molar-refractivity contribution in [3.8, 4) is 5.75 Å². The first-order chi connectivity index (χ1) is 16.2. The Morgan fingerprint density at radius 3 is 2.62 bits per heavy atom. The minimum atomic E-state index is -0.231. The highest BCUT2D eigenvalue weighted by atomic mass is 35.5. The number of fused-ring (bicyclic) bond motifs is 1. The molecule has 2 N–H and O–H groups in total. The van der Waals surface area contributed by atoms with Gasteiger partial charge < -0.3 is 20.2 Å². The molecule has 0 spiro atoms. The van der Waals surface area contributed by atoms with Crippen LogP contribution in [0.1, 0.15) is 49.7 Å². The highest BCUT2D eigenvalue weighted by Crippen LogP contribution is 2.47. The summed E-state index contributed by atoms with van der Waals surface area (Å²) in [6.07, 6.45) is 4.08. The minimum Gasteiger partial charge on any atom is -0.506 e. The van der Waals surface area contributed by atoms with E-state index < -0.39 is 0 Å². The Labute approximate surface area is 210 Å². The maximum absolute atomic E-state index is 10.7. The number of hydrogen-bond donors (Lipinski definition) is 2. The van der Waals surface area contributed by atoms with Gasteiger partial charge in [-0.1, -0.05) is 29.8 Å². The van der Waals surface area contributed by atoms with Gasteiger partial charge in [0.1, 0.15) is 5.75 Å². The van der Waals surface area contributed by atoms with E-state index in [1.165, 1.54) is 16.8 Å². The summed E-state index contributed by atoms with van der Waals surface area (Å²) < 4.78 is 0. The number of benzene rings is 2. The molecule has 5 nitrogen and oxygen atoms in total. The van der Waals surface area contributed by atoms with E-state index in [1.807, 2.05) is 23.1 Å². The molecule has 0 aliphatic carbocycles. The quantitative estimate of drug-likeness (QED) is 0.423. The van der Waals surface area contributed by atoms with Gasteiger partial charge in [0.15, 0.2) is 5.11 Å². The predicted octanol–water partition coefficient (Wildman–Crippen LogP) is 6.25. The van der Waals surface area contributed by atoms with Crippen molar-refractivity contribution in [2.75, 3.05) is 16.8 Å². The molecule has 2 atom stereocenters. The molecule has 0 saturated carbocycles. The molecule has 5 rings (SSSR count). The van der Waals surface area contributed by atoms with Crippen molar-refractivity contribution >= 4 is 45.9 Å². The molecule has 3 aromatic rings. The van der Waals surface area contributed by atoms with Crippen molar-refractivity contribution in [1.82, 2.24) is 10.3 Å². The van der Waals surface area contributed by atoms with Crippen molar-refractivity contribution in [2.45, 2.75) is 38.4 Å². The number of phenolic OH excluding ortho intramolecular Hbond substituents is 1. The predicted molar refractivity (Wildman–Crippen MR) is 144 cm³/mol. The van der Waals surface area contributed by atoms with Crippen molar-refractivity contribution in [2.24, 2.45) is 0 Å². The van der Waals surface area contributed by atoms with Crippen molar-refractivity contribution in [3.63, 3.8) is 0 Å². The summed E-state index contributed by atoms with van der Waals surface area (Å²) in [7, 11) is 2.13. The van der Waals surface area contributed by atoms with Crippen LogP contribution in [-0.2, 0) is 0 Å². The zero-order valence-electron chi connectivity index (χ0n) is 19.6. The summed E-state index contributed by atoms with van der Waals surface area (Å²) in [6.45, 7) is 6.59. The highest BCUT2D eigenvalue weighted by Gasteiger charge is 2.42. The van der Waals surface area contributed by atoms with Crippen molar-refractivity contribution < 1.29 is 5.11 Å². The number of halogens is 1. The van der Waals surface area contributed by atoms with Crippen LogP contribution in [0.2, 0.25) is 5.02 Å². The van der Waals surface area contributed by atoms with Crippen LogP contribution in [0.15, 0.2) is 66.9 Å². The molecule has 1 fully saturated rings. The Bertz CT molecular complexity index is 1310. The van der Waals surface area contributed by atoms with Gasteiger partial charge in [-0.25, -0.2) is 0 Å². The standard InChI is InChI=1S/C27H27ClN4OS/c1-16-15-27(2,3)31(4)21-10-8-17(13-19(16)21)25-24(20-7-5-6-12-29-20)30-26(34)32(25)22-14-18(28)9-11-23(22)33/h5-15,24-25,33H,1-4H3,(H,30,34)/t24-,25-/m1/s1. The van der Waals surface area contributed by atoms with Gasteiger partial charge in [-0.3, -0.25) is 4.98 Å². The number of rotatable bonds is 3. The zero-order chi connectivity index (χ0) is 24.2. The van der Waals surface area contributed by atoms with Crippen LogP contribution < -0.4 is 15.1 Å². The number of aromatic hydroxyl groups is 1. The first-order valence-electron chi connectivity index (χ1n) is 11.2. The number of aromatic nitrogens is 1. The van der Waals surface area contributed by atoms with Crippen LogP contribution >= 0.6 is 23.8 Å². The molecule has 3 heterocycles. The van der Waals surface area contributed by atoms with Crippen molar-refractivity contribution in [3.05, 3.63) is 88.7 Å². The fourth-order valence-corrected chi connectivity index (χ4v) is 5.51. The van der Waals surface area contributed by atoms with E-state index in [2.05, 4.69) is 67.3 Å². The second kappa shape index (κ2) is 8.29. The van der Waals surface area contributed by atoms with Crippen LogP contribution in [0.5, 0.6) is 5.75 Å². The van der Waals surface area contributed by atoms with E-state index in [1.54, 1.807) is 24.4 Å². The monoisotopic (exact) mass is 490 g/mol. The third-order valence-corrected chi connectivity index (χ3v) is 7.43. The normalized spacial score (nSPS) is 21.2. The number of likely N-dealkylation sites (N-methyl/N-ethyl adjacent to an activating group) is 1. The number of hydrogen-bond acceptors (Lipinski definition) is 4. The molecule has 0 bridgehead atoms. The van der Waals surface area contributed by atoms with Crippen LogP contribution in [0, 0.1) is 0 Å². The molecule has 34 heavy (non-hydrogen) atoms. The topological polar surface area (TPSA) is 51.6 Å². The van der Waals surface area contributed by atoms with E-state index in [-0.39, 0.29) is 23.4 Å². The summed E-state index contributed by atoms with van der Waals surface area (Å²) >= 11 is 12.1. The summed E-state index contributed by atoms with van der Waals surface area (Å²) in [5.41, 5.74) is 6.06. The Kier molecular flexibility index (Phi) is 5.53. The maximum atomic E-state index is 10.7. The second-order valence-corrected chi connectivity index (χ2v) is 10.3. The number of pyridine rings is 1. The Balaban J connectivity index is 1.69. The third kappa shape index (κ3) is 3.71. The largest absolute Gasteiger partial charge is 0.506 e. The van der Waals surface area contributed by atoms with Gasteiger partial charge in [-0.2, -0.15) is 0 Å². The average Bonchev–Trinajstić information content (AvgIpc) is 3.16. The summed E-state index contributed by atoms with van der Waals surface area (Å²) in [6, 6.07) is 17.0. The molecule has 7 heteroatoms. The Morgan fingerprint density at radius 1 is 1.09 bits per heavy atom. The molecule has 2 aromatic carbocycles. The van der Waals surface area contributed by atoms with Crippen LogP contribution in [0.3, 0.4) is 0 Å². The molecule has 1 saturated heterocycles. The number of nitrogens with zero attached hydrogens (tertiary/aromatic N) is 3. The molecule has 2 aliphatic rings. The molecule has 0 radical (unpaired) electrons. The lowest BCUT2D eigenvalue weighted by Gasteiger charge is -2.41. The first kappa shape index (κ1) is 22.7. The molecule has 0 unspecified atom stereocenters. The average molecular weight is 491 g/mol. The molecule has 174 valence electrons. The van der Waals surface area contributed by atoms with Crippen LogP contribution in [0.4, 0.5) is 11.4 Å². The second-order valence-electron chi connectivity index (χ2n) is 9.45. The minimum absolute atomic E-state index is 0.0653. The van der Waals surface area contributed by atoms with Crippen molar-refractivity contribution in [1.29, 1.82) is 0 Å². The van der Waals surface area contributed by atoms with E-state index in [0.717, 1.165) is 11.3 Å². The number of phenols is 1. The van der Waals surface area contributed by atoms with Gasteiger partial charge in [-0.15, -0.1) is 0 Å². The lowest BCUT2D eigenvalue weighted by Crippen LogP contribution is -2.42. The Hall–Kier alpha value is -3.09. The fourth-order valence-electron chi connectivity index (χ4n) is 5.00. The van der Waals surface area contributed by atoms with Crippen LogP contribution in [0.25, 0.3) is 5.57 Å². The van der Waals surface area contributed by atoms with Gasteiger partial charge in [0.2, 0.25) is 0 Å². The third-order valence-electron chi connectivity index (χ3n) is 6.88. The van der Waals surface area contributed by atoms with E-state index >= 15 is 0 Å². The maximum Gasteiger partial charge on any atom is 0.174 e. The number of thiocarbonyl (C=S) groups is 1. The zero-order valence-corrected chi connectivity index (χ0v) is 21.2. The smallest absolute Gasteiger partial charge is 0.174 e. The summed E-state index contributed by atoms with van der Waals surface area (Å²) in [4.78, 5) is 8.87. The number of nitrogens with one attached hydrogen (secondary N) is 1. The fraction of sp³-hybridized carbons (Fsp3) is 0.259. The molecule has 0 amide bonds. The van der Waals surface area contributed by atoms with E-state index in [0.29, 0.717) is 15.8 Å². The first-order valence-corrected chi connectivity index (χ1v) is 12.0.